The van der Waals surface area contributed by atoms with Crippen molar-refractivity contribution in [1.29, 1.82) is 0 Å². The van der Waals surface area contributed by atoms with Gasteiger partial charge in [-0.15, -0.1) is 12.4 Å². The lowest BCUT2D eigenvalue weighted by Gasteiger charge is -2.33. The fourth-order valence-electron chi connectivity index (χ4n) is 3.24. The van der Waals surface area contributed by atoms with E-state index in [1.807, 2.05) is 30.3 Å². The van der Waals surface area contributed by atoms with Crippen molar-refractivity contribution in [1.82, 2.24) is 10.6 Å². The molecule has 1 saturated heterocycles. The Morgan fingerprint density at radius 3 is 2.06 bits per heavy atom. The van der Waals surface area contributed by atoms with Gasteiger partial charge in [-0.2, -0.15) is 26.3 Å². The van der Waals surface area contributed by atoms with E-state index in [2.05, 4.69) is 10.6 Å². The molecule has 3 rings (SSSR count). The Kier molecular flexibility index (Phi) is 7.96. The standard InChI is InChI=1S/C20H18F6N2O2.ClH/c21-19(22,23)14-6-12(7-15(8-14)20(24,25)26)10-30-11-16-18(27-9-17(29)28-16)13-4-2-1-3-5-13;/h1-8,16,18,27H,9-11H2,(H,28,29);1H/t16-,18+;/m1./s1. The fraction of sp³-hybridized carbons (Fsp3) is 0.350. The Morgan fingerprint density at radius 2 is 1.52 bits per heavy atom. The first-order chi connectivity index (χ1) is 14.0. The van der Waals surface area contributed by atoms with Crippen LogP contribution in [-0.2, 0) is 28.5 Å². The predicted molar refractivity (Wildman–Crippen MR) is 102 cm³/mol. The molecule has 0 unspecified atom stereocenters. The zero-order valence-corrected chi connectivity index (χ0v) is 16.7. The first kappa shape index (κ1) is 25.0. The summed E-state index contributed by atoms with van der Waals surface area (Å²) in [5.41, 5.74) is -2.19. The van der Waals surface area contributed by atoms with Crippen molar-refractivity contribution in [2.24, 2.45) is 0 Å². The molecule has 0 saturated carbocycles. The van der Waals surface area contributed by atoms with Crippen LogP contribution in [0.4, 0.5) is 26.3 Å². The lowest BCUT2D eigenvalue weighted by molar-refractivity contribution is -0.143. The summed E-state index contributed by atoms with van der Waals surface area (Å²) in [6.45, 7) is -0.491. The van der Waals surface area contributed by atoms with E-state index in [1.165, 1.54) is 0 Å². The average molecular weight is 469 g/mol. The van der Waals surface area contributed by atoms with Crippen molar-refractivity contribution < 1.29 is 35.9 Å². The third-order valence-electron chi connectivity index (χ3n) is 4.60. The lowest BCUT2D eigenvalue weighted by atomic mass is 9.98. The van der Waals surface area contributed by atoms with Crippen LogP contribution < -0.4 is 10.6 Å². The SMILES string of the molecule is Cl.O=C1CN[C@@H](c2ccccc2)[C@@H](COCc2cc(C(F)(F)F)cc(C(F)(F)F)c2)N1. The van der Waals surface area contributed by atoms with Gasteiger partial charge in [-0.1, -0.05) is 30.3 Å². The molecule has 0 spiro atoms. The van der Waals surface area contributed by atoms with Gasteiger partial charge in [0.25, 0.3) is 0 Å². The van der Waals surface area contributed by atoms with Crippen molar-refractivity contribution in [3.05, 3.63) is 70.8 Å². The molecule has 0 aliphatic carbocycles. The highest BCUT2D eigenvalue weighted by Crippen LogP contribution is 2.36. The van der Waals surface area contributed by atoms with E-state index in [9.17, 15) is 31.1 Å². The van der Waals surface area contributed by atoms with Crippen molar-refractivity contribution in [3.8, 4) is 0 Å². The third-order valence-corrected chi connectivity index (χ3v) is 4.60. The van der Waals surface area contributed by atoms with Gasteiger partial charge in [0.1, 0.15) is 0 Å². The number of ether oxygens (including phenoxy) is 1. The largest absolute Gasteiger partial charge is 0.416 e. The average Bonchev–Trinajstić information content (AvgIpc) is 2.67. The smallest absolute Gasteiger partial charge is 0.375 e. The maximum atomic E-state index is 13.0. The van der Waals surface area contributed by atoms with Crippen LogP contribution in [0.3, 0.4) is 0 Å². The topological polar surface area (TPSA) is 50.4 Å². The molecule has 0 radical (unpaired) electrons. The Balaban J connectivity index is 0.00000341. The van der Waals surface area contributed by atoms with Crippen LogP contribution in [0.5, 0.6) is 0 Å². The minimum atomic E-state index is -4.92. The third kappa shape index (κ3) is 6.59. The van der Waals surface area contributed by atoms with Crippen LogP contribution in [0.1, 0.15) is 28.3 Å². The van der Waals surface area contributed by atoms with E-state index in [0.29, 0.717) is 12.1 Å². The van der Waals surface area contributed by atoms with Gasteiger partial charge < -0.3 is 10.1 Å². The molecule has 4 nitrogen and oxygen atoms in total. The molecule has 1 fully saturated rings. The number of hydrogen-bond acceptors (Lipinski definition) is 3. The van der Waals surface area contributed by atoms with Crippen LogP contribution >= 0.6 is 12.4 Å². The molecule has 1 aliphatic rings. The molecule has 2 aromatic carbocycles. The first-order valence-corrected chi connectivity index (χ1v) is 8.98. The van der Waals surface area contributed by atoms with E-state index >= 15 is 0 Å². The van der Waals surface area contributed by atoms with Gasteiger partial charge >= 0.3 is 12.4 Å². The Bertz CT molecular complexity index is 857. The maximum Gasteiger partial charge on any atom is 0.416 e. The van der Waals surface area contributed by atoms with Gasteiger partial charge in [0.2, 0.25) is 5.91 Å². The second kappa shape index (κ2) is 9.88. The molecule has 2 aromatic rings. The van der Waals surface area contributed by atoms with Crippen molar-refractivity contribution in [2.75, 3.05) is 13.2 Å². The number of hydrogen-bond donors (Lipinski definition) is 2. The summed E-state index contributed by atoms with van der Waals surface area (Å²) >= 11 is 0. The molecule has 1 heterocycles. The quantitative estimate of drug-likeness (QED) is 0.636. The lowest BCUT2D eigenvalue weighted by Crippen LogP contribution is -2.55. The first-order valence-electron chi connectivity index (χ1n) is 8.98. The molecule has 1 amide bonds. The fourth-order valence-corrected chi connectivity index (χ4v) is 3.24. The predicted octanol–water partition coefficient (Wildman–Crippen LogP) is 4.49. The summed E-state index contributed by atoms with van der Waals surface area (Å²) in [6.07, 6.45) is -9.84. The zero-order valence-electron chi connectivity index (χ0n) is 15.9. The normalized spacial score (nSPS) is 19.5. The van der Waals surface area contributed by atoms with Crippen LogP contribution in [0, 0.1) is 0 Å². The van der Waals surface area contributed by atoms with Gasteiger partial charge in [-0.25, -0.2) is 0 Å². The summed E-state index contributed by atoms with van der Waals surface area (Å²) in [6, 6.07) is 9.60. The molecular formula is C20H19ClF6N2O2. The van der Waals surface area contributed by atoms with Gasteiger partial charge in [-0.3, -0.25) is 10.1 Å². The summed E-state index contributed by atoms with van der Waals surface area (Å²) < 4.78 is 83.2. The number of carbonyl (C=O) groups is 1. The number of carbonyl (C=O) groups excluding carboxylic acids is 1. The number of nitrogens with one attached hydrogen (secondary N) is 2. The number of rotatable bonds is 5. The minimum absolute atomic E-state index is 0. The van der Waals surface area contributed by atoms with Crippen LogP contribution in [0.15, 0.2) is 48.5 Å². The van der Waals surface area contributed by atoms with Gasteiger partial charge in [0, 0.05) is 0 Å². The molecule has 1 aliphatic heterocycles. The molecule has 2 atom stereocenters. The van der Waals surface area contributed by atoms with Crippen LogP contribution in [-0.4, -0.2) is 25.1 Å². The maximum absolute atomic E-state index is 13.0. The molecular weight excluding hydrogens is 450 g/mol. The summed E-state index contributed by atoms with van der Waals surface area (Å²) in [7, 11) is 0. The second-order valence-electron chi connectivity index (χ2n) is 6.87. The Morgan fingerprint density at radius 1 is 0.935 bits per heavy atom. The van der Waals surface area contributed by atoms with Crippen molar-refractivity contribution in [2.45, 2.75) is 31.0 Å². The number of benzene rings is 2. The zero-order chi connectivity index (χ0) is 21.9. The van der Waals surface area contributed by atoms with Gasteiger partial charge in [-0.05, 0) is 29.3 Å². The van der Waals surface area contributed by atoms with Crippen molar-refractivity contribution in [3.63, 3.8) is 0 Å². The molecule has 11 heteroatoms. The molecule has 31 heavy (non-hydrogen) atoms. The number of piperazine rings is 1. The van der Waals surface area contributed by atoms with Gasteiger partial charge in [0.15, 0.2) is 0 Å². The molecule has 0 aromatic heterocycles. The minimum Gasteiger partial charge on any atom is -0.375 e. The van der Waals surface area contributed by atoms with Crippen LogP contribution in [0.25, 0.3) is 0 Å². The van der Waals surface area contributed by atoms with Gasteiger partial charge in [0.05, 0.1) is 43.0 Å². The van der Waals surface area contributed by atoms with E-state index in [-0.39, 0.29) is 49.1 Å². The molecule has 0 bridgehead atoms. The molecule has 2 N–H and O–H groups in total. The highest BCUT2D eigenvalue weighted by Gasteiger charge is 2.37. The number of halogens is 7. The highest BCUT2D eigenvalue weighted by atomic mass is 35.5. The van der Waals surface area contributed by atoms with Crippen molar-refractivity contribution >= 4 is 18.3 Å². The Labute approximate surface area is 180 Å². The second-order valence-corrected chi connectivity index (χ2v) is 6.87. The van der Waals surface area contributed by atoms with E-state index < -0.39 is 36.1 Å². The van der Waals surface area contributed by atoms with E-state index in [4.69, 9.17) is 4.74 Å². The summed E-state index contributed by atoms with van der Waals surface area (Å²) in [4.78, 5) is 11.7. The number of alkyl halides is 6. The van der Waals surface area contributed by atoms with E-state index in [0.717, 1.165) is 5.56 Å². The van der Waals surface area contributed by atoms with Crippen LogP contribution in [0.2, 0.25) is 0 Å². The summed E-state index contributed by atoms with van der Waals surface area (Å²) in [5, 5.41) is 5.79. The number of amides is 1. The highest BCUT2D eigenvalue weighted by molar-refractivity contribution is 5.85. The summed E-state index contributed by atoms with van der Waals surface area (Å²) in [5.74, 6) is -0.283. The monoisotopic (exact) mass is 468 g/mol. The molecule has 170 valence electrons. The Hall–Kier alpha value is -2.30. The van der Waals surface area contributed by atoms with E-state index in [1.54, 1.807) is 0 Å².